The predicted molar refractivity (Wildman–Crippen MR) is 110 cm³/mol. The van der Waals surface area contributed by atoms with Crippen LogP contribution in [0.1, 0.15) is 16.7 Å². The molecule has 5 rings (SSSR count). The van der Waals surface area contributed by atoms with E-state index in [2.05, 4.69) is 92.0 Å². The highest BCUT2D eigenvalue weighted by Gasteiger charge is 2.14. The summed E-state index contributed by atoms with van der Waals surface area (Å²) in [6.45, 7) is 6.50. The van der Waals surface area contributed by atoms with Crippen LogP contribution in [-0.4, -0.2) is 9.38 Å². The second-order valence-corrected chi connectivity index (χ2v) is 7.16. The standard InChI is InChI=1S/C24H20N2/c1-15-12-16(2)23(17(3)13-15)21-14-26-22-11-7-6-9-19(22)18-8-4-5-10-20(18)24(26)25-21/h4-14H,1-3H3. The molecule has 0 radical (unpaired) electrons. The number of para-hydroxylation sites is 1. The first-order chi connectivity index (χ1) is 12.6. The zero-order valence-corrected chi connectivity index (χ0v) is 15.2. The van der Waals surface area contributed by atoms with E-state index in [1.807, 2.05) is 0 Å². The van der Waals surface area contributed by atoms with E-state index in [-0.39, 0.29) is 0 Å². The molecule has 2 heterocycles. The first-order valence-corrected chi connectivity index (χ1v) is 9.00. The van der Waals surface area contributed by atoms with Crippen molar-refractivity contribution < 1.29 is 0 Å². The summed E-state index contributed by atoms with van der Waals surface area (Å²) in [5.74, 6) is 0. The topological polar surface area (TPSA) is 17.3 Å². The molecular weight excluding hydrogens is 316 g/mol. The third kappa shape index (κ3) is 2.08. The van der Waals surface area contributed by atoms with Crippen LogP contribution in [-0.2, 0) is 0 Å². The van der Waals surface area contributed by atoms with Crippen LogP contribution in [0, 0.1) is 20.8 Å². The van der Waals surface area contributed by atoms with Crippen LogP contribution < -0.4 is 0 Å². The summed E-state index contributed by atoms with van der Waals surface area (Å²) in [7, 11) is 0. The molecule has 0 amide bonds. The summed E-state index contributed by atoms with van der Waals surface area (Å²) in [5.41, 5.74) is 8.35. The Morgan fingerprint density at radius 1 is 0.731 bits per heavy atom. The number of aromatic nitrogens is 2. The molecule has 0 N–H and O–H groups in total. The van der Waals surface area contributed by atoms with Gasteiger partial charge in [-0.2, -0.15) is 0 Å². The number of fused-ring (bicyclic) bond motifs is 6. The molecule has 0 atom stereocenters. The zero-order valence-electron chi connectivity index (χ0n) is 15.2. The van der Waals surface area contributed by atoms with Gasteiger partial charge in [0.1, 0.15) is 5.65 Å². The van der Waals surface area contributed by atoms with Gasteiger partial charge in [0.15, 0.2) is 0 Å². The first kappa shape index (κ1) is 15.2. The number of hydrogen-bond acceptors (Lipinski definition) is 1. The predicted octanol–water partition coefficient (Wildman–Crippen LogP) is 6.23. The summed E-state index contributed by atoms with van der Waals surface area (Å²) in [5, 5.41) is 3.71. The lowest BCUT2D eigenvalue weighted by Gasteiger charge is -2.08. The third-order valence-corrected chi connectivity index (χ3v) is 5.26. The average molecular weight is 336 g/mol. The third-order valence-electron chi connectivity index (χ3n) is 5.26. The minimum atomic E-state index is 1.02. The van der Waals surface area contributed by atoms with Gasteiger partial charge in [0.25, 0.3) is 0 Å². The lowest BCUT2D eigenvalue weighted by Crippen LogP contribution is -1.90. The molecular formula is C24H20N2. The van der Waals surface area contributed by atoms with Crippen molar-refractivity contribution in [3.63, 3.8) is 0 Å². The van der Waals surface area contributed by atoms with Gasteiger partial charge < -0.3 is 0 Å². The molecule has 0 aliphatic heterocycles. The van der Waals surface area contributed by atoms with Gasteiger partial charge in [-0.1, -0.05) is 60.2 Å². The van der Waals surface area contributed by atoms with Crippen LogP contribution in [0.25, 0.3) is 38.6 Å². The Morgan fingerprint density at radius 3 is 2.08 bits per heavy atom. The average Bonchev–Trinajstić information content (AvgIpc) is 3.06. The fourth-order valence-electron chi connectivity index (χ4n) is 4.28. The summed E-state index contributed by atoms with van der Waals surface area (Å²) in [4.78, 5) is 5.08. The fourth-order valence-corrected chi connectivity index (χ4v) is 4.28. The number of rotatable bonds is 1. The Balaban J connectivity index is 1.95. The number of nitrogens with zero attached hydrogens (tertiary/aromatic N) is 2. The summed E-state index contributed by atoms with van der Waals surface area (Å²) >= 11 is 0. The SMILES string of the molecule is Cc1cc(C)c(-c2cn3c4ccccc4c4ccccc4c3n2)c(C)c1. The maximum Gasteiger partial charge on any atom is 0.145 e. The molecule has 2 heteroatoms. The van der Waals surface area contributed by atoms with Gasteiger partial charge in [-0.15, -0.1) is 0 Å². The molecule has 2 aromatic heterocycles. The molecule has 3 aromatic carbocycles. The van der Waals surface area contributed by atoms with E-state index in [0.29, 0.717) is 0 Å². The molecule has 0 saturated carbocycles. The van der Waals surface area contributed by atoms with Crippen molar-refractivity contribution >= 4 is 27.3 Å². The number of aryl methyl sites for hydroxylation is 3. The second kappa shape index (κ2) is 5.43. The van der Waals surface area contributed by atoms with Crippen LogP contribution in [0.3, 0.4) is 0 Å². The maximum absolute atomic E-state index is 5.08. The van der Waals surface area contributed by atoms with Gasteiger partial charge >= 0.3 is 0 Å². The first-order valence-electron chi connectivity index (χ1n) is 9.00. The van der Waals surface area contributed by atoms with Gasteiger partial charge in [-0.25, -0.2) is 4.98 Å². The molecule has 0 bridgehead atoms. The lowest BCUT2D eigenvalue weighted by molar-refractivity contribution is 1.27. The van der Waals surface area contributed by atoms with E-state index in [0.717, 1.165) is 11.3 Å². The minimum Gasteiger partial charge on any atom is -0.298 e. The van der Waals surface area contributed by atoms with Gasteiger partial charge in [0.2, 0.25) is 0 Å². The molecule has 0 aliphatic carbocycles. The highest BCUT2D eigenvalue weighted by molar-refractivity contribution is 6.11. The molecule has 26 heavy (non-hydrogen) atoms. The smallest absolute Gasteiger partial charge is 0.145 e. The minimum absolute atomic E-state index is 1.02. The zero-order chi connectivity index (χ0) is 17.8. The largest absolute Gasteiger partial charge is 0.298 e. The molecule has 0 aliphatic rings. The number of benzene rings is 3. The maximum atomic E-state index is 5.08. The summed E-state index contributed by atoms with van der Waals surface area (Å²) in [6.07, 6.45) is 2.19. The molecule has 2 nitrogen and oxygen atoms in total. The van der Waals surface area contributed by atoms with Crippen LogP contribution >= 0.6 is 0 Å². The number of imidazole rings is 1. The Labute approximate surface area is 152 Å². The van der Waals surface area contributed by atoms with Crippen LogP contribution in [0.5, 0.6) is 0 Å². The van der Waals surface area contributed by atoms with E-state index >= 15 is 0 Å². The van der Waals surface area contributed by atoms with Crippen LogP contribution in [0.15, 0.2) is 66.9 Å². The van der Waals surface area contributed by atoms with Crippen LogP contribution in [0.4, 0.5) is 0 Å². The Hall–Kier alpha value is -3.13. The lowest BCUT2D eigenvalue weighted by atomic mass is 9.98. The van der Waals surface area contributed by atoms with E-state index in [9.17, 15) is 0 Å². The van der Waals surface area contributed by atoms with Crippen molar-refractivity contribution in [1.29, 1.82) is 0 Å². The van der Waals surface area contributed by atoms with Gasteiger partial charge in [0.05, 0.1) is 11.2 Å². The molecule has 0 saturated heterocycles. The Morgan fingerprint density at radius 2 is 1.35 bits per heavy atom. The Kier molecular flexibility index (Phi) is 3.17. The van der Waals surface area contributed by atoms with E-state index in [1.165, 1.54) is 43.9 Å². The molecule has 0 fully saturated rings. The quantitative estimate of drug-likeness (QED) is 0.332. The molecule has 126 valence electrons. The highest BCUT2D eigenvalue weighted by atomic mass is 15.0. The van der Waals surface area contributed by atoms with Crippen molar-refractivity contribution in [3.05, 3.63) is 83.6 Å². The number of pyridine rings is 1. The normalized spacial score (nSPS) is 11.7. The van der Waals surface area contributed by atoms with Crippen molar-refractivity contribution in [1.82, 2.24) is 9.38 Å². The monoisotopic (exact) mass is 336 g/mol. The number of hydrogen-bond donors (Lipinski definition) is 0. The van der Waals surface area contributed by atoms with Gasteiger partial charge in [-0.3, -0.25) is 4.40 Å². The van der Waals surface area contributed by atoms with Crippen molar-refractivity contribution in [2.24, 2.45) is 0 Å². The van der Waals surface area contributed by atoms with Gasteiger partial charge in [-0.05, 0) is 43.4 Å². The van der Waals surface area contributed by atoms with E-state index < -0.39 is 0 Å². The Bertz CT molecular complexity index is 1210. The summed E-state index contributed by atoms with van der Waals surface area (Å²) in [6, 6.07) is 21.6. The van der Waals surface area contributed by atoms with Crippen molar-refractivity contribution in [2.45, 2.75) is 20.8 Å². The van der Waals surface area contributed by atoms with E-state index in [1.54, 1.807) is 0 Å². The molecule has 0 spiro atoms. The van der Waals surface area contributed by atoms with Crippen molar-refractivity contribution in [2.75, 3.05) is 0 Å². The highest BCUT2D eigenvalue weighted by Crippen LogP contribution is 2.33. The fraction of sp³-hybridized carbons (Fsp3) is 0.125. The van der Waals surface area contributed by atoms with Gasteiger partial charge in [0, 0.05) is 22.5 Å². The van der Waals surface area contributed by atoms with E-state index in [4.69, 9.17) is 4.98 Å². The summed E-state index contributed by atoms with van der Waals surface area (Å²) < 4.78 is 2.24. The van der Waals surface area contributed by atoms with Crippen molar-refractivity contribution in [3.8, 4) is 11.3 Å². The molecule has 5 aromatic rings. The van der Waals surface area contributed by atoms with Crippen LogP contribution in [0.2, 0.25) is 0 Å². The molecule has 0 unspecified atom stereocenters. The second-order valence-electron chi connectivity index (χ2n) is 7.16.